The van der Waals surface area contributed by atoms with Crippen LogP contribution in [-0.2, 0) is 6.42 Å². The second kappa shape index (κ2) is 37.4. The number of H-pyrrole nitrogens is 2. The van der Waals surface area contributed by atoms with Crippen molar-refractivity contribution >= 4 is 109 Å². The highest BCUT2D eigenvalue weighted by Crippen LogP contribution is 2.48. The Balaban J connectivity index is 0.000000108. The minimum Gasteiger partial charge on any atom is -0.354 e. The summed E-state index contributed by atoms with van der Waals surface area (Å²) in [6.07, 6.45) is 0.972. The van der Waals surface area contributed by atoms with Crippen LogP contribution < -0.4 is 0 Å². The Bertz CT molecular complexity index is 9730. The molecule has 8 nitrogen and oxygen atoms in total. The van der Waals surface area contributed by atoms with Crippen molar-refractivity contribution in [3.05, 3.63) is 557 Å². The van der Waals surface area contributed by atoms with Crippen molar-refractivity contribution in [3.8, 4) is 162 Å². The molecule has 1 aliphatic rings. The molecule has 29 aromatic rings. The van der Waals surface area contributed by atoms with E-state index in [9.17, 15) is 0 Å². The number of rotatable bonds is 15. The Morgan fingerprint density at radius 3 is 0.853 bits per heavy atom. The van der Waals surface area contributed by atoms with Crippen LogP contribution in [-0.4, -0.2) is 38.6 Å². The summed E-state index contributed by atoms with van der Waals surface area (Å²) in [4.78, 5) is 23.1. The Labute approximate surface area is 867 Å². The van der Waals surface area contributed by atoms with Gasteiger partial charge in [0.15, 0.2) is 0 Å². The topological polar surface area (TPSA) is 85.0 Å². The first kappa shape index (κ1) is 87.8. The predicted octanol–water partition coefficient (Wildman–Crippen LogP) is 37.4. The third-order valence-electron chi connectivity index (χ3n) is 30.1. The average molecular weight is 1910 g/mol. The van der Waals surface area contributed by atoms with Gasteiger partial charge in [-0.15, -0.1) is 0 Å². The number of nitrogens with one attached hydrogen (secondary N) is 2. The maximum Gasteiger partial charge on any atom is 0.0716 e. The van der Waals surface area contributed by atoms with Crippen LogP contribution in [0, 0.1) is 0 Å². The zero-order valence-electron chi connectivity index (χ0n) is 81.9. The Hall–Kier alpha value is -19.9. The maximum atomic E-state index is 5.23. The highest BCUT2D eigenvalue weighted by Gasteiger charge is 2.26. The minimum atomic E-state index is 0.944. The predicted molar refractivity (Wildman–Crippen MR) is 628 cm³/mol. The fourth-order valence-corrected chi connectivity index (χ4v) is 23.0. The molecule has 0 unspecified atom stereocenters. The number of hydrogen-bond acceptors (Lipinski definition) is 3. The van der Waals surface area contributed by atoms with Gasteiger partial charge in [0.2, 0.25) is 0 Å². The van der Waals surface area contributed by atoms with Crippen molar-refractivity contribution in [2.24, 2.45) is 0 Å². The molecule has 21 aromatic carbocycles. The van der Waals surface area contributed by atoms with Crippen LogP contribution in [0.1, 0.15) is 11.1 Å². The van der Waals surface area contributed by atoms with Gasteiger partial charge < -0.3 is 23.7 Å². The molecule has 150 heavy (non-hydrogen) atoms. The molecular formula is C142H94N8. The number of benzene rings is 21. The van der Waals surface area contributed by atoms with Gasteiger partial charge in [0.25, 0.3) is 0 Å². The molecule has 0 fully saturated rings. The van der Waals surface area contributed by atoms with Gasteiger partial charge >= 0.3 is 0 Å². The lowest BCUT2D eigenvalue weighted by Crippen LogP contribution is -1.96. The van der Waals surface area contributed by atoms with Crippen LogP contribution in [0.25, 0.3) is 272 Å². The summed E-state index contributed by atoms with van der Waals surface area (Å²) < 4.78 is 7.21. The minimum absolute atomic E-state index is 0.944. The fourth-order valence-electron chi connectivity index (χ4n) is 23.0. The van der Waals surface area contributed by atoms with Crippen LogP contribution in [0.4, 0.5) is 0 Å². The quantitative estimate of drug-likeness (QED) is 0.107. The lowest BCUT2D eigenvalue weighted by atomic mass is 9.94. The lowest BCUT2D eigenvalue weighted by Gasteiger charge is -2.13. The highest BCUT2D eigenvalue weighted by molar-refractivity contribution is 6.17. The first-order chi connectivity index (χ1) is 74.3. The fraction of sp³-hybridized carbons (Fsp3) is 0.00704. The van der Waals surface area contributed by atoms with Gasteiger partial charge in [-0.25, -0.2) is 15.0 Å². The summed E-state index contributed by atoms with van der Waals surface area (Å²) in [5, 5.41) is 12.4. The first-order valence-electron chi connectivity index (χ1n) is 51.4. The number of pyridine rings is 3. The molecule has 0 spiro atoms. The van der Waals surface area contributed by atoms with Crippen molar-refractivity contribution < 1.29 is 0 Å². The molecule has 702 valence electrons. The van der Waals surface area contributed by atoms with Gasteiger partial charge in [-0.2, -0.15) is 0 Å². The average Bonchev–Trinajstić information content (AvgIpc) is 1.58. The monoisotopic (exact) mass is 1910 g/mol. The molecule has 0 bridgehead atoms. The van der Waals surface area contributed by atoms with Gasteiger partial charge in [0.1, 0.15) is 0 Å². The number of nitrogens with zero attached hydrogens (tertiary/aromatic N) is 6. The molecule has 8 heterocycles. The van der Waals surface area contributed by atoms with Crippen molar-refractivity contribution in [2.75, 3.05) is 0 Å². The van der Waals surface area contributed by atoms with Crippen LogP contribution in [0.15, 0.2) is 546 Å². The Morgan fingerprint density at radius 2 is 0.433 bits per heavy atom. The van der Waals surface area contributed by atoms with Crippen LogP contribution in [0.5, 0.6) is 0 Å². The second-order valence-corrected chi connectivity index (χ2v) is 38.9. The molecule has 8 aromatic heterocycles. The molecule has 1 aliphatic carbocycles. The number of fused-ring (bicyclic) bond motifs is 18. The van der Waals surface area contributed by atoms with Crippen LogP contribution >= 0.6 is 0 Å². The SMILES string of the molecule is c1ccc(-c2cc(-c3ccccc3)nc(-c3cccc(-n4c5ccccc5c5cc(-c6cccc7c6Cc6ccccc6-7)ccc54)c3)c2)cc1.c1ccc(-c2cc(-c3ccccc3)nc(-c3cccc(-n4c5ccccc5c5ccc(-c6cccc7c6[nH]c6ccccc67)cc54)c3)c2)cc1.c1ccc(-c2cc(-c3ccccc3)nc(-c3cccc(-n4c5ccccc5c5ccc(-c6cccc7c6[nH]c6ccccc67)cc54)c3)c2)cc1. The summed E-state index contributed by atoms with van der Waals surface area (Å²) >= 11 is 0. The molecule has 8 heteroatoms. The van der Waals surface area contributed by atoms with E-state index in [-0.39, 0.29) is 0 Å². The lowest BCUT2D eigenvalue weighted by molar-refractivity contribution is 1.18. The van der Waals surface area contributed by atoms with E-state index in [1.807, 2.05) is 12.1 Å². The zero-order chi connectivity index (χ0) is 99.1. The summed E-state index contributed by atoms with van der Waals surface area (Å²) in [5.74, 6) is 0. The summed E-state index contributed by atoms with van der Waals surface area (Å²) in [6, 6.07) is 196. The molecular weight excluding hydrogens is 1820 g/mol. The van der Waals surface area contributed by atoms with Gasteiger partial charge in [-0.1, -0.05) is 419 Å². The van der Waals surface area contributed by atoms with Crippen LogP contribution in [0.2, 0.25) is 0 Å². The molecule has 0 saturated heterocycles. The maximum absolute atomic E-state index is 5.23. The van der Waals surface area contributed by atoms with E-state index in [2.05, 4.69) is 558 Å². The molecule has 0 atom stereocenters. The smallest absolute Gasteiger partial charge is 0.0716 e. The second-order valence-electron chi connectivity index (χ2n) is 38.9. The van der Waals surface area contributed by atoms with Crippen molar-refractivity contribution in [3.63, 3.8) is 0 Å². The zero-order valence-corrected chi connectivity index (χ0v) is 81.9. The summed E-state index contributed by atoms with van der Waals surface area (Å²) in [6.45, 7) is 0. The molecule has 30 rings (SSSR count). The van der Waals surface area contributed by atoms with E-state index in [0.29, 0.717) is 0 Å². The molecule has 0 amide bonds. The summed E-state index contributed by atoms with van der Waals surface area (Å²) in [5.41, 5.74) is 47.1. The van der Waals surface area contributed by atoms with Gasteiger partial charge in [-0.05, 0) is 212 Å². The highest BCUT2D eigenvalue weighted by atomic mass is 15.0. The standard InChI is InChI=1S/C48H32N2.2C47H31N3/c1-3-13-32(14-4-1)37-30-45(33-15-5-2-6-16-33)49-46(31-37)36-18-11-19-38(27-36)50-47-24-10-9-21-42(47)44-29-35(25-26-48(44)50)40-22-12-23-41-39-20-8-7-17-34(39)28-43(40)41;2*1-3-13-31(14-4-1)35-28-43(32-15-5-2-6-16-32)48-44(29-35)34-17-11-18-36(27-34)50-45-24-10-8-20-39(45)40-26-25-33(30-46(40)50)37-21-12-22-41-38-19-7-9-23-42(38)49-47(37)41/h1-27,29-31H,28H2;2*1-30,49H. The van der Waals surface area contributed by atoms with E-state index in [4.69, 9.17) is 15.0 Å². The summed E-state index contributed by atoms with van der Waals surface area (Å²) in [7, 11) is 0. The van der Waals surface area contributed by atoms with Gasteiger partial charge in [0.05, 0.1) is 78.3 Å². The van der Waals surface area contributed by atoms with Crippen molar-refractivity contribution in [1.29, 1.82) is 0 Å². The number of aromatic amines is 2. The third-order valence-corrected chi connectivity index (χ3v) is 30.1. The molecule has 0 aliphatic heterocycles. The Kier molecular flexibility index (Phi) is 21.9. The van der Waals surface area contributed by atoms with Gasteiger partial charge in [0, 0.05) is 126 Å². The van der Waals surface area contributed by atoms with E-state index in [1.165, 1.54) is 159 Å². The van der Waals surface area contributed by atoms with E-state index in [1.54, 1.807) is 0 Å². The molecule has 0 radical (unpaired) electrons. The van der Waals surface area contributed by atoms with E-state index in [0.717, 1.165) is 130 Å². The molecule has 0 saturated carbocycles. The van der Waals surface area contributed by atoms with Crippen molar-refractivity contribution in [2.45, 2.75) is 6.42 Å². The largest absolute Gasteiger partial charge is 0.354 e. The normalized spacial score (nSPS) is 11.7. The first-order valence-corrected chi connectivity index (χ1v) is 51.4. The van der Waals surface area contributed by atoms with Gasteiger partial charge in [-0.3, -0.25) is 0 Å². The number of aromatic nitrogens is 8. The molecule has 2 N–H and O–H groups in total. The number of para-hydroxylation sites is 7. The Morgan fingerprint density at radius 1 is 0.153 bits per heavy atom. The van der Waals surface area contributed by atoms with E-state index >= 15 is 0 Å². The number of hydrogen-bond donors (Lipinski definition) is 2. The van der Waals surface area contributed by atoms with E-state index < -0.39 is 0 Å². The van der Waals surface area contributed by atoms with Crippen LogP contribution in [0.3, 0.4) is 0 Å². The van der Waals surface area contributed by atoms with Crippen molar-refractivity contribution in [1.82, 2.24) is 38.6 Å². The third kappa shape index (κ3) is 15.9.